The maximum absolute atomic E-state index is 5.41. The Morgan fingerprint density at radius 3 is 2.50 bits per heavy atom. The predicted octanol–water partition coefficient (Wildman–Crippen LogP) is 1.81. The lowest BCUT2D eigenvalue weighted by atomic mass is 9.56. The van der Waals surface area contributed by atoms with Crippen LogP contribution in [0.3, 0.4) is 0 Å². The van der Waals surface area contributed by atoms with Crippen LogP contribution in [0.4, 0.5) is 0 Å². The van der Waals surface area contributed by atoms with Gasteiger partial charge in [0.2, 0.25) is 0 Å². The van der Waals surface area contributed by atoms with Gasteiger partial charge in [-0.25, -0.2) is 0 Å². The highest BCUT2D eigenvalue weighted by Gasteiger charge is 2.23. The van der Waals surface area contributed by atoms with Gasteiger partial charge in [-0.15, -0.1) is 0 Å². The summed E-state index contributed by atoms with van der Waals surface area (Å²) in [6, 6.07) is 0. The van der Waals surface area contributed by atoms with Crippen LogP contribution in [0.5, 0.6) is 0 Å². The lowest BCUT2D eigenvalue weighted by molar-refractivity contribution is 0.355. The van der Waals surface area contributed by atoms with Gasteiger partial charge in [-0.2, -0.15) is 0 Å². The van der Waals surface area contributed by atoms with Crippen LogP contribution in [0.2, 0.25) is 12.1 Å². The maximum atomic E-state index is 5.41. The monoisotopic (exact) mass is 112 g/mol. The van der Waals surface area contributed by atoms with Crippen molar-refractivity contribution in [3.05, 3.63) is 0 Å². The van der Waals surface area contributed by atoms with Gasteiger partial charge in [-0.3, -0.25) is 0 Å². The van der Waals surface area contributed by atoms with Gasteiger partial charge in [-0.1, -0.05) is 13.8 Å². The standard InChI is InChI=1S/C6H13BO/c1-6(2)7-4-3-5-8-7/h6H,3-5H2,1-2H3. The Kier molecular flexibility index (Phi) is 1.95. The van der Waals surface area contributed by atoms with Crippen molar-refractivity contribution in [1.82, 2.24) is 0 Å². The van der Waals surface area contributed by atoms with Crippen LogP contribution < -0.4 is 0 Å². The Balaban J connectivity index is 2.24. The molecule has 1 nitrogen and oxygen atoms in total. The van der Waals surface area contributed by atoms with E-state index in [1.165, 1.54) is 12.7 Å². The van der Waals surface area contributed by atoms with Crippen molar-refractivity contribution in [2.75, 3.05) is 6.61 Å². The summed E-state index contributed by atoms with van der Waals surface area (Å²) in [5.74, 6) is 0.720. The number of rotatable bonds is 1. The molecule has 2 heteroatoms. The summed E-state index contributed by atoms with van der Waals surface area (Å²) in [6.07, 6.45) is 2.54. The Morgan fingerprint density at radius 1 is 1.50 bits per heavy atom. The van der Waals surface area contributed by atoms with Crippen molar-refractivity contribution in [2.45, 2.75) is 32.4 Å². The lowest BCUT2D eigenvalue weighted by Crippen LogP contribution is -2.14. The molecule has 0 amide bonds. The summed E-state index contributed by atoms with van der Waals surface area (Å²) in [4.78, 5) is 0. The summed E-state index contributed by atoms with van der Waals surface area (Å²) in [5, 5.41) is 0. The molecule has 0 N–H and O–H groups in total. The molecule has 0 saturated carbocycles. The first kappa shape index (κ1) is 6.15. The summed E-state index contributed by atoms with van der Waals surface area (Å²) >= 11 is 0. The smallest absolute Gasteiger partial charge is 0.295 e. The first-order valence-electron chi connectivity index (χ1n) is 3.42. The van der Waals surface area contributed by atoms with E-state index in [1.54, 1.807) is 0 Å². The number of hydrogen-bond donors (Lipinski definition) is 0. The summed E-state index contributed by atoms with van der Waals surface area (Å²) in [6.45, 7) is 5.99. The fourth-order valence-electron chi connectivity index (χ4n) is 1.13. The van der Waals surface area contributed by atoms with Crippen LogP contribution >= 0.6 is 0 Å². The van der Waals surface area contributed by atoms with Gasteiger partial charge in [0.1, 0.15) is 0 Å². The van der Waals surface area contributed by atoms with Crippen molar-refractivity contribution >= 4 is 6.92 Å². The van der Waals surface area contributed by atoms with Crippen molar-refractivity contribution in [3.63, 3.8) is 0 Å². The molecule has 1 fully saturated rings. The van der Waals surface area contributed by atoms with Crippen molar-refractivity contribution in [2.24, 2.45) is 0 Å². The molecule has 1 aliphatic rings. The quantitative estimate of drug-likeness (QED) is 0.470. The SMILES string of the molecule is CC(C)B1CCCO1. The molecule has 0 unspecified atom stereocenters. The first-order chi connectivity index (χ1) is 3.80. The lowest BCUT2D eigenvalue weighted by Gasteiger charge is -2.06. The molecule has 8 heavy (non-hydrogen) atoms. The molecule has 0 aromatic carbocycles. The molecule has 0 aromatic rings. The number of hydrogen-bond acceptors (Lipinski definition) is 1. The van der Waals surface area contributed by atoms with E-state index in [4.69, 9.17) is 4.65 Å². The van der Waals surface area contributed by atoms with Gasteiger partial charge < -0.3 is 4.65 Å². The van der Waals surface area contributed by atoms with Crippen molar-refractivity contribution in [3.8, 4) is 0 Å². The highest BCUT2D eigenvalue weighted by Crippen LogP contribution is 2.20. The second-order valence-electron chi connectivity index (χ2n) is 2.80. The molecule has 0 radical (unpaired) electrons. The molecule has 0 aliphatic carbocycles. The largest absolute Gasteiger partial charge is 0.436 e. The van der Waals surface area contributed by atoms with Gasteiger partial charge in [0, 0.05) is 6.61 Å². The van der Waals surface area contributed by atoms with Crippen LogP contribution in [0.15, 0.2) is 0 Å². The van der Waals surface area contributed by atoms with E-state index in [0.717, 1.165) is 12.4 Å². The third-order valence-corrected chi connectivity index (χ3v) is 1.71. The zero-order chi connectivity index (χ0) is 5.98. The molecular weight excluding hydrogens is 98.9 g/mol. The Hall–Kier alpha value is 0.0249. The minimum Gasteiger partial charge on any atom is -0.436 e. The van der Waals surface area contributed by atoms with Gasteiger partial charge in [0.05, 0.1) is 0 Å². The van der Waals surface area contributed by atoms with Crippen LogP contribution in [-0.2, 0) is 4.65 Å². The van der Waals surface area contributed by atoms with Crippen molar-refractivity contribution in [1.29, 1.82) is 0 Å². The Morgan fingerprint density at radius 2 is 2.25 bits per heavy atom. The van der Waals surface area contributed by atoms with E-state index < -0.39 is 0 Å². The van der Waals surface area contributed by atoms with E-state index in [0.29, 0.717) is 6.92 Å². The zero-order valence-electron chi connectivity index (χ0n) is 5.68. The fraction of sp³-hybridized carbons (Fsp3) is 1.00. The highest BCUT2D eigenvalue weighted by atomic mass is 16.4. The summed E-state index contributed by atoms with van der Waals surface area (Å²) < 4.78 is 5.41. The molecule has 0 spiro atoms. The van der Waals surface area contributed by atoms with Crippen molar-refractivity contribution < 1.29 is 4.65 Å². The maximum Gasteiger partial charge on any atom is 0.295 e. The average molecular weight is 112 g/mol. The van der Waals surface area contributed by atoms with Gasteiger partial charge >= 0.3 is 0 Å². The molecule has 1 aliphatic heterocycles. The van der Waals surface area contributed by atoms with Gasteiger partial charge in [0.15, 0.2) is 0 Å². The predicted molar refractivity (Wildman–Crippen MR) is 36.2 cm³/mol. The molecule has 1 heterocycles. The zero-order valence-corrected chi connectivity index (χ0v) is 5.68. The van der Waals surface area contributed by atoms with Crippen LogP contribution in [0.1, 0.15) is 20.3 Å². The van der Waals surface area contributed by atoms with Crippen LogP contribution in [0, 0.1) is 0 Å². The second-order valence-corrected chi connectivity index (χ2v) is 2.80. The molecule has 1 rings (SSSR count). The summed E-state index contributed by atoms with van der Waals surface area (Å²) in [5.41, 5.74) is 0. The Bertz CT molecular complexity index is 66.9. The minimum absolute atomic E-state index is 0.565. The third kappa shape index (κ3) is 1.25. The van der Waals surface area contributed by atoms with Gasteiger partial charge in [0.25, 0.3) is 6.92 Å². The van der Waals surface area contributed by atoms with E-state index in [-0.39, 0.29) is 0 Å². The molecule has 0 aromatic heterocycles. The molecular formula is C6H13BO. The first-order valence-corrected chi connectivity index (χ1v) is 3.42. The Labute approximate surface area is 51.5 Å². The molecule has 46 valence electrons. The highest BCUT2D eigenvalue weighted by molar-refractivity contribution is 6.54. The van der Waals surface area contributed by atoms with E-state index in [2.05, 4.69) is 13.8 Å². The molecule has 1 saturated heterocycles. The van der Waals surface area contributed by atoms with Gasteiger partial charge in [-0.05, 0) is 18.6 Å². The topological polar surface area (TPSA) is 9.23 Å². The van der Waals surface area contributed by atoms with Crippen LogP contribution in [-0.4, -0.2) is 13.5 Å². The van der Waals surface area contributed by atoms with Crippen LogP contribution in [0.25, 0.3) is 0 Å². The normalized spacial score (nSPS) is 20.6. The van der Waals surface area contributed by atoms with E-state index >= 15 is 0 Å². The second kappa shape index (κ2) is 2.54. The third-order valence-electron chi connectivity index (χ3n) is 1.71. The average Bonchev–Trinajstić information content (AvgIpc) is 2.12. The van der Waals surface area contributed by atoms with E-state index in [9.17, 15) is 0 Å². The minimum atomic E-state index is 0.565. The molecule has 0 atom stereocenters. The summed E-state index contributed by atoms with van der Waals surface area (Å²) in [7, 11) is 0. The van der Waals surface area contributed by atoms with E-state index in [1.807, 2.05) is 0 Å². The fourth-order valence-corrected chi connectivity index (χ4v) is 1.13. The molecule has 0 bridgehead atoms.